The molecule has 0 spiro atoms. The lowest BCUT2D eigenvalue weighted by Crippen LogP contribution is -1.96. The summed E-state index contributed by atoms with van der Waals surface area (Å²) in [5.74, 6) is 0. The van der Waals surface area contributed by atoms with Gasteiger partial charge in [-0.25, -0.2) is 0 Å². The highest BCUT2D eigenvalue weighted by molar-refractivity contribution is 5.34. The number of hydrogen-bond donors (Lipinski definition) is 1. The van der Waals surface area contributed by atoms with Crippen molar-refractivity contribution in [2.45, 2.75) is 59.3 Å². The first-order valence-electron chi connectivity index (χ1n) is 7.03. The van der Waals surface area contributed by atoms with Crippen molar-refractivity contribution in [2.75, 3.05) is 0 Å². The van der Waals surface area contributed by atoms with Gasteiger partial charge >= 0.3 is 0 Å². The molecule has 1 aromatic carbocycles. The summed E-state index contributed by atoms with van der Waals surface area (Å²) < 4.78 is 0. The van der Waals surface area contributed by atoms with Crippen LogP contribution in [-0.4, -0.2) is 5.11 Å². The molecule has 0 heterocycles. The molecule has 0 aliphatic heterocycles. The molecule has 1 heteroatoms. The van der Waals surface area contributed by atoms with E-state index in [-0.39, 0.29) is 0 Å². The van der Waals surface area contributed by atoms with Gasteiger partial charge in [-0.2, -0.15) is 0 Å². The molecule has 0 atom stereocenters. The van der Waals surface area contributed by atoms with Crippen molar-refractivity contribution in [3.05, 3.63) is 47.7 Å². The molecule has 1 nitrogen and oxygen atoms in total. The van der Waals surface area contributed by atoms with Crippen LogP contribution in [0.5, 0.6) is 0 Å². The number of benzene rings is 1. The van der Waals surface area contributed by atoms with E-state index in [9.17, 15) is 0 Å². The van der Waals surface area contributed by atoms with E-state index in [2.05, 4.69) is 45.5 Å². The van der Waals surface area contributed by atoms with Crippen LogP contribution in [-0.2, 0) is 12.8 Å². The number of aryl methyl sites for hydroxylation is 2. The van der Waals surface area contributed by atoms with Gasteiger partial charge in [0.15, 0.2) is 0 Å². The molecule has 18 heavy (non-hydrogen) atoms. The van der Waals surface area contributed by atoms with Gasteiger partial charge in [-0.1, -0.05) is 57.9 Å². The minimum atomic E-state index is 0.750. The molecular weight excluding hydrogens is 220 g/mol. The summed E-state index contributed by atoms with van der Waals surface area (Å²) in [7, 11) is 0. The number of unbranched alkanes of at least 4 members (excludes halogenated alkanes) is 3. The third-order valence-electron chi connectivity index (χ3n) is 3.17. The van der Waals surface area contributed by atoms with E-state index in [1.165, 1.54) is 44.1 Å². The standard InChI is InChI=1S/C15H24.C2H4O/c1-4-6-7-8-12-15-13(3)10-9-11-14(15)5-2;1-2-3/h9-11H,4-8,12H2,1-3H3;2-3H,1H2. The van der Waals surface area contributed by atoms with Gasteiger partial charge in [0.05, 0.1) is 6.26 Å². The van der Waals surface area contributed by atoms with Crippen LogP contribution in [0.25, 0.3) is 0 Å². The Labute approximate surface area is 113 Å². The highest BCUT2D eigenvalue weighted by atomic mass is 16.2. The molecule has 102 valence electrons. The molecular formula is C17H28O. The van der Waals surface area contributed by atoms with Crippen LogP contribution in [0.4, 0.5) is 0 Å². The second kappa shape index (κ2) is 10.9. The molecule has 0 radical (unpaired) electrons. The summed E-state index contributed by atoms with van der Waals surface area (Å²) in [5, 5.41) is 7.33. The quantitative estimate of drug-likeness (QED) is 0.530. The van der Waals surface area contributed by atoms with E-state index in [1.807, 2.05) is 0 Å². The number of aliphatic hydroxyl groups is 1. The Morgan fingerprint density at radius 1 is 1.17 bits per heavy atom. The van der Waals surface area contributed by atoms with Crippen LogP contribution in [0, 0.1) is 6.92 Å². The molecule has 0 amide bonds. The fourth-order valence-electron chi connectivity index (χ4n) is 2.18. The Hall–Kier alpha value is -1.24. The summed E-state index contributed by atoms with van der Waals surface area (Å²) >= 11 is 0. The normalized spacial score (nSPS) is 9.50. The van der Waals surface area contributed by atoms with E-state index in [0.717, 1.165) is 6.26 Å². The highest BCUT2D eigenvalue weighted by Crippen LogP contribution is 2.18. The monoisotopic (exact) mass is 248 g/mol. The minimum absolute atomic E-state index is 0.750. The van der Waals surface area contributed by atoms with Crippen LogP contribution in [0.15, 0.2) is 31.0 Å². The SMILES string of the molecule is C=CO.CCCCCCc1c(C)cccc1CC. The fourth-order valence-corrected chi connectivity index (χ4v) is 2.18. The summed E-state index contributed by atoms with van der Waals surface area (Å²) in [6.07, 6.45) is 8.64. The van der Waals surface area contributed by atoms with Gasteiger partial charge in [0, 0.05) is 0 Å². The van der Waals surface area contributed by atoms with Gasteiger partial charge in [0.1, 0.15) is 0 Å². The number of rotatable bonds is 6. The van der Waals surface area contributed by atoms with Crippen molar-refractivity contribution in [1.29, 1.82) is 0 Å². The van der Waals surface area contributed by atoms with Crippen molar-refractivity contribution in [3.63, 3.8) is 0 Å². The Morgan fingerprint density at radius 2 is 1.83 bits per heavy atom. The third kappa shape index (κ3) is 6.48. The van der Waals surface area contributed by atoms with Gasteiger partial charge in [-0.15, -0.1) is 0 Å². The van der Waals surface area contributed by atoms with Crippen molar-refractivity contribution >= 4 is 0 Å². The van der Waals surface area contributed by atoms with Crippen molar-refractivity contribution in [1.82, 2.24) is 0 Å². The molecule has 1 aromatic rings. The van der Waals surface area contributed by atoms with E-state index in [1.54, 1.807) is 11.1 Å². The van der Waals surface area contributed by atoms with Gasteiger partial charge in [-0.3, -0.25) is 0 Å². The molecule has 1 N–H and O–H groups in total. The molecule has 0 unspecified atom stereocenters. The van der Waals surface area contributed by atoms with Gasteiger partial charge in [0.2, 0.25) is 0 Å². The zero-order valence-corrected chi connectivity index (χ0v) is 12.2. The number of hydrogen-bond acceptors (Lipinski definition) is 1. The zero-order valence-electron chi connectivity index (χ0n) is 12.2. The van der Waals surface area contributed by atoms with Crippen LogP contribution in [0.2, 0.25) is 0 Å². The van der Waals surface area contributed by atoms with Crippen LogP contribution >= 0.6 is 0 Å². The van der Waals surface area contributed by atoms with E-state index in [4.69, 9.17) is 5.11 Å². The molecule has 0 aromatic heterocycles. The predicted molar refractivity (Wildman–Crippen MR) is 81.2 cm³/mol. The van der Waals surface area contributed by atoms with Crippen molar-refractivity contribution < 1.29 is 5.11 Å². The topological polar surface area (TPSA) is 20.2 Å². The third-order valence-corrected chi connectivity index (χ3v) is 3.17. The predicted octanol–water partition coefficient (Wildman–Crippen LogP) is 5.37. The van der Waals surface area contributed by atoms with Crippen molar-refractivity contribution in [3.8, 4) is 0 Å². The molecule has 1 rings (SSSR count). The Kier molecular flexibility index (Phi) is 10.1. The van der Waals surface area contributed by atoms with E-state index < -0.39 is 0 Å². The Morgan fingerprint density at radius 3 is 2.39 bits per heavy atom. The fraction of sp³-hybridized carbons (Fsp3) is 0.529. The van der Waals surface area contributed by atoms with Gasteiger partial charge < -0.3 is 5.11 Å². The van der Waals surface area contributed by atoms with E-state index in [0.29, 0.717) is 0 Å². The molecule has 0 aliphatic rings. The van der Waals surface area contributed by atoms with Gasteiger partial charge in [0.25, 0.3) is 0 Å². The second-order valence-electron chi connectivity index (χ2n) is 4.56. The lowest BCUT2D eigenvalue weighted by atomic mass is 9.95. The molecule has 0 aliphatic carbocycles. The molecule has 0 bridgehead atoms. The first kappa shape index (κ1) is 16.8. The smallest absolute Gasteiger partial charge is 0.0719 e. The molecule has 0 saturated heterocycles. The summed E-state index contributed by atoms with van der Waals surface area (Å²) in [4.78, 5) is 0. The van der Waals surface area contributed by atoms with Crippen LogP contribution in [0.3, 0.4) is 0 Å². The first-order valence-corrected chi connectivity index (χ1v) is 7.03. The van der Waals surface area contributed by atoms with Crippen molar-refractivity contribution in [2.24, 2.45) is 0 Å². The second-order valence-corrected chi connectivity index (χ2v) is 4.56. The average molecular weight is 248 g/mol. The first-order chi connectivity index (χ1) is 8.71. The summed E-state index contributed by atoms with van der Waals surface area (Å²) in [6.45, 7) is 9.68. The van der Waals surface area contributed by atoms with Crippen LogP contribution < -0.4 is 0 Å². The van der Waals surface area contributed by atoms with Crippen LogP contribution in [0.1, 0.15) is 56.2 Å². The average Bonchev–Trinajstić information content (AvgIpc) is 2.37. The maximum atomic E-state index is 7.33. The van der Waals surface area contributed by atoms with E-state index >= 15 is 0 Å². The molecule has 0 saturated carbocycles. The highest BCUT2D eigenvalue weighted by Gasteiger charge is 2.03. The Balaban J connectivity index is 0.000000873. The molecule has 0 fully saturated rings. The maximum Gasteiger partial charge on any atom is 0.0719 e. The zero-order chi connectivity index (χ0) is 13.8. The largest absolute Gasteiger partial charge is 0.516 e. The summed E-state index contributed by atoms with van der Waals surface area (Å²) in [6, 6.07) is 6.71. The minimum Gasteiger partial charge on any atom is -0.516 e. The number of aliphatic hydroxyl groups excluding tert-OH is 1. The van der Waals surface area contributed by atoms with Gasteiger partial charge in [-0.05, 0) is 42.9 Å². The maximum absolute atomic E-state index is 7.33. The Bertz CT molecular complexity index is 328. The lowest BCUT2D eigenvalue weighted by Gasteiger charge is -2.11. The lowest BCUT2D eigenvalue weighted by molar-refractivity contribution is 0.476. The summed E-state index contributed by atoms with van der Waals surface area (Å²) in [5.41, 5.74) is 4.63.